The van der Waals surface area contributed by atoms with Crippen LogP contribution in [-0.2, 0) is 9.59 Å². The third-order valence-corrected chi connectivity index (χ3v) is 8.65. The van der Waals surface area contributed by atoms with Gasteiger partial charge in [-0.15, -0.1) is 0 Å². The van der Waals surface area contributed by atoms with Gasteiger partial charge in [-0.05, 0) is 72.2 Å². The molecule has 0 saturated heterocycles. The topological polar surface area (TPSA) is 349 Å². The Morgan fingerprint density at radius 1 is 0.554 bits per heavy atom. The van der Waals surface area contributed by atoms with Gasteiger partial charge in [-0.1, -0.05) is 35.3 Å². The van der Waals surface area contributed by atoms with Crippen LogP contribution in [0.4, 0.5) is 34.6 Å². The van der Waals surface area contributed by atoms with Crippen molar-refractivity contribution in [2.75, 3.05) is 46.7 Å². The summed E-state index contributed by atoms with van der Waals surface area (Å²) < 4.78 is 0. The van der Waals surface area contributed by atoms with Crippen LogP contribution in [0.1, 0.15) is 59.5 Å². The number of anilines is 6. The first-order valence-corrected chi connectivity index (χ1v) is 17.7. The highest BCUT2D eigenvalue weighted by molar-refractivity contribution is 6.32. The number of aromatic nitrogens is 4. The Balaban J connectivity index is 0.991. The minimum atomic E-state index is -0.738. The van der Waals surface area contributed by atoms with E-state index in [1.165, 1.54) is 0 Å². The van der Waals surface area contributed by atoms with E-state index in [0.717, 1.165) is 22.3 Å². The number of fused-ring (bicyclic) bond motifs is 4. The molecule has 0 aliphatic heterocycles. The maximum atomic E-state index is 12.6. The van der Waals surface area contributed by atoms with Crippen molar-refractivity contribution in [1.82, 2.24) is 30.6 Å². The molecule has 56 heavy (non-hydrogen) atoms. The molecule has 1 aliphatic carbocycles. The maximum absolute atomic E-state index is 12.6. The number of benzene rings is 2. The summed E-state index contributed by atoms with van der Waals surface area (Å²) in [5, 5.41) is 10.2. The number of guanidine groups is 2. The molecule has 5 rings (SSSR count). The van der Waals surface area contributed by atoms with Gasteiger partial charge >= 0.3 is 0 Å². The van der Waals surface area contributed by atoms with Crippen molar-refractivity contribution < 1.29 is 19.2 Å². The number of nitrogens with one attached hydrogen (secondary N) is 4. The van der Waals surface area contributed by atoms with Gasteiger partial charge in [-0.3, -0.25) is 39.8 Å². The fourth-order valence-electron chi connectivity index (χ4n) is 5.39. The van der Waals surface area contributed by atoms with Crippen LogP contribution in [-0.4, -0.2) is 68.6 Å². The number of rotatable bonds is 14. The molecule has 2 aromatic carbocycles. The number of halogens is 2. The lowest BCUT2D eigenvalue weighted by Gasteiger charge is -2.25. The van der Waals surface area contributed by atoms with E-state index in [9.17, 15) is 19.2 Å². The number of nitrogen functional groups attached to an aromatic ring is 4. The quantitative estimate of drug-likeness (QED) is 0.0437. The van der Waals surface area contributed by atoms with Gasteiger partial charge in [-0.2, -0.15) is 0 Å². The number of carbonyl (C=O) groups is 4. The Bertz CT molecular complexity index is 2090. The van der Waals surface area contributed by atoms with Gasteiger partial charge in [-0.25, -0.2) is 19.9 Å². The number of carbonyl (C=O) groups excluding carboxylic acids is 4. The molecule has 292 valence electrons. The molecule has 0 spiro atoms. The zero-order chi connectivity index (χ0) is 40.5. The van der Waals surface area contributed by atoms with E-state index in [1.807, 2.05) is 36.4 Å². The molecular formula is C34H38Cl2N16O4. The van der Waals surface area contributed by atoms with Crippen molar-refractivity contribution in [3.8, 4) is 22.3 Å². The molecule has 0 fully saturated rings. The van der Waals surface area contributed by atoms with Crippen LogP contribution in [0, 0.1) is 0 Å². The number of amides is 4. The molecule has 16 N–H and O–H groups in total. The molecule has 2 aromatic heterocycles. The molecule has 20 nitrogen and oxygen atoms in total. The molecule has 2 heterocycles. The van der Waals surface area contributed by atoms with Gasteiger partial charge in [0.1, 0.15) is 0 Å². The molecule has 4 amide bonds. The summed E-state index contributed by atoms with van der Waals surface area (Å²) in [5.74, 6) is -2.72. The third kappa shape index (κ3) is 10.2. The van der Waals surface area contributed by atoms with Gasteiger partial charge in [0.25, 0.3) is 11.8 Å². The largest absolute Gasteiger partial charge is 0.382 e. The first-order valence-electron chi connectivity index (χ1n) is 17.0. The van der Waals surface area contributed by atoms with Crippen LogP contribution >= 0.6 is 23.2 Å². The Hall–Kier alpha value is -6.80. The predicted molar refractivity (Wildman–Crippen MR) is 215 cm³/mol. The Morgan fingerprint density at radius 3 is 1.34 bits per heavy atom. The average Bonchev–Trinajstić information content (AvgIpc) is 3.13. The molecule has 0 radical (unpaired) electrons. The zero-order valence-corrected chi connectivity index (χ0v) is 31.2. The molecule has 4 aromatic rings. The smallest absolute Gasteiger partial charge is 0.280 e. The van der Waals surface area contributed by atoms with E-state index in [1.54, 1.807) is 0 Å². The fourth-order valence-corrected chi connectivity index (χ4v) is 5.64. The van der Waals surface area contributed by atoms with E-state index in [2.05, 4.69) is 51.2 Å². The summed E-state index contributed by atoms with van der Waals surface area (Å²) in [6, 6.07) is 11.3. The predicted octanol–water partition coefficient (Wildman–Crippen LogP) is 2.26. The number of nitrogens with zero attached hydrogens (tertiary/aromatic N) is 6. The molecule has 0 atom stereocenters. The normalized spacial score (nSPS) is 11.8. The van der Waals surface area contributed by atoms with Gasteiger partial charge in [0.2, 0.25) is 11.8 Å². The summed E-state index contributed by atoms with van der Waals surface area (Å²) in [6.07, 6.45) is 2.64. The van der Waals surface area contributed by atoms with E-state index >= 15 is 0 Å². The van der Waals surface area contributed by atoms with Crippen molar-refractivity contribution in [1.29, 1.82) is 0 Å². The summed E-state index contributed by atoms with van der Waals surface area (Å²) in [7, 11) is 0. The highest BCUT2D eigenvalue weighted by Crippen LogP contribution is 2.49. The number of hydrogen-bond acceptors (Lipinski definition) is 14. The lowest BCUT2D eigenvalue weighted by Crippen LogP contribution is -2.38. The van der Waals surface area contributed by atoms with Crippen LogP contribution < -0.4 is 55.7 Å². The van der Waals surface area contributed by atoms with Crippen LogP contribution in [0.2, 0.25) is 10.3 Å². The lowest BCUT2D eigenvalue weighted by atomic mass is 9.80. The summed E-state index contributed by atoms with van der Waals surface area (Å²) in [5.41, 5.74) is 38.8. The molecular weight excluding hydrogens is 767 g/mol. The lowest BCUT2D eigenvalue weighted by molar-refractivity contribution is -0.117. The van der Waals surface area contributed by atoms with E-state index in [4.69, 9.17) is 57.6 Å². The molecule has 1 aliphatic rings. The van der Waals surface area contributed by atoms with E-state index in [-0.39, 0.29) is 94.6 Å². The standard InChI is InChI=1S/C34H38Cl2N16O4/c35-25-29(39)49-27(37)23(47-25)31(55)51-33(41)43-11-3-1-5-21(53)45-15-7-9-17-19(13-15)18-10-8-16(14-20(17)18)46-22(54)6-2-4-12-44-34(42)52-32(56)24-28(38)50-30(40)26(36)48-24/h7-10,13-14H,1-6,11-12H2,(H,45,53)(H,46,54)(H4,37,39,49)(H4,38,40,50)(H3,41,43,51,55)(H3,42,44,52,56). The van der Waals surface area contributed by atoms with Gasteiger partial charge in [0.15, 0.2) is 56.9 Å². The molecule has 22 heteroatoms. The van der Waals surface area contributed by atoms with Crippen molar-refractivity contribution in [2.24, 2.45) is 21.5 Å². The van der Waals surface area contributed by atoms with Crippen molar-refractivity contribution in [3.05, 3.63) is 58.1 Å². The number of nitrogens with two attached hydrogens (primary N) is 6. The Kier molecular flexibility index (Phi) is 13.0. The first kappa shape index (κ1) is 40.4. The van der Waals surface area contributed by atoms with Crippen LogP contribution in [0.5, 0.6) is 0 Å². The monoisotopic (exact) mass is 804 g/mol. The molecule has 0 unspecified atom stereocenters. The Morgan fingerprint density at radius 2 is 0.946 bits per heavy atom. The second-order valence-electron chi connectivity index (χ2n) is 12.2. The number of unbranched alkanes of at least 4 members (excludes halogenated alkanes) is 2. The molecule has 0 bridgehead atoms. The van der Waals surface area contributed by atoms with Crippen molar-refractivity contribution >= 4 is 93.4 Å². The van der Waals surface area contributed by atoms with Crippen LogP contribution in [0.25, 0.3) is 22.3 Å². The highest BCUT2D eigenvalue weighted by Gasteiger charge is 2.24. The van der Waals surface area contributed by atoms with Gasteiger partial charge in [0, 0.05) is 37.3 Å². The van der Waals surface area contributed by atoms with Crippen molar-refractivity contribution in [2.45, 2.75) is 38.5 Å². The van der Waals surface area contributed by atoms with Crippen molar-refractivity contribution in [3.63, 3.8) is 0 Å². The first-order chi connectivity index (χ1) is 26.7. The second-order valence-corrected chi connectivity index (χ2v) is 13.0. The van der Waals surface area contributed by atoms with Gasteiger partial charge in [0.05, 0.1) is 0 Å². The maximum Gasteiger partial charge on any atom is 0.280 e. The van der Waals surface area contributed by atoms with Crippen LogP contribution in [0.3, 0.4) is 0 Å². The third-order valence-electron chi connectivity index (χ3n) is 8.10. The van der Waals surface area contributed by atoms with E-state index in [0.29, 0.717) is 37.1 Å². The number of aliphatic imine (C=N–C) groups is 2. The summed E-state index contributed by atoms with van der Waals surface area (Å²) >= 11 is 11.6. The van der Waals surface area contributed by atoms with Crippen LogP contribution in [0.15, 0.2) is 46.4 Å². The summed E-state index contributed by atoms with van der Waals surface area (Å²) in [4.78, 5) is 73.2. The molecule has 0 saturated carbocycles. The Labute approximate surface area is 329 Å². The van der Waals surface area contributed by atoms with E-state index < -0.39 is 11.8 Å². The SMILES string of the molecule is NC(=NCCCCC(=O)Nc1ccc2c(c1)-c1ccc(NC(=O)CCCCN=C(N)NC(=O)c3nc(Cl)c(N)nc3N)cc1-2)NC(=O)c1nc(Cl)c(N)nc1N. The zero-order valence-electron chi connectivity index (χ0n) is 29.7. The minimum absolute atomic E-state index is 0.104. The average molecular weight is 806 g/mol. The summed E-state index contributed by atoms with van der Waals surface area (Å²) in [6.45, 7) is 0.539. The minimum Gasteiger partial charge on any atom is -0.382 e. The highest BCUT2D eigenvalue weighted by atomic mass is 35.5. The second kappa shape index (κ2) is 18.0. The fraction of sp³-hybridized carbons (Fsp3) is 0.235. The van der Waals surface area contributed by atoms with Gasteiger partial charge < -0.3 is 45.0 Å². The number of hydrogen-bond donors (Lipinski definition) is 10.